The maximum absolute atomic E-state index is 13.3. The zero-order valence-corrected chi connectivity index (χ0v) is 16.3. The molecule has 3 amide bonds. The number of rotatable bonds is 8. The summed E-state index contributed by atoms with van der Waals surface area (Å²) in [6, 6.07) is 8.01. The molecule has 1 heterocycles. The van der Waals surface area contributed by atoms with Crippen LogP contribution in [0.3, 0.4) is 0 Å². The van der Waals surface area contributed by atoms with Crippen LogP contribution in [-0.4, -0.2) is 53.3 Å². The van der Waals surface area contributed by atoms with Crippen molar-refractivity contribution >= 4 is 11.9 Å². The summed E-state index contributed by atoms with van der Waals surface area (Å²) in [5.74, 6) is -1.28. The number of nitrogens with zero attached hydrogens (tertiary/aromatic N) is 2. The first kappa shape index (κ1) is 21.5. The van der Waals surface area contributed by atoms with Gasteiger partial charge in [-0.25, -0.2) is 18.6 Å². The second kappa shape index (κ2) is 9.53. The lowest BCUT2D eigenvalue weighted by Gasteiger charge is -2.29. The molecule has 1 aliphatic heterocycles. The average molecular weight is 419 g/mol. The molecule has 2 aromatic carbocycles. The van der Waals surface area contributed by atoms with E-state index < -0.39 is 17.7 Å². The highest BCUT2D eigenvalue weighted by molar-refractivity contribution is 5.96. The second-order valence-corrected chi connectivity index (χ2v) is 7.02. The van der Waals surface area contributed by atoms with E-state index in [9.17, 15) is 23.6 Å². The van der Waals surface area contributed by atoms with E-state index in [1.54, 1.807) is 29.2 Å². The van der Waals surface area contributed by atoms with Gasteiger partial charge < -0.3 is 15.4 Å². The first-order valence-corrected chi connectivity index (χ1v) is 9.60. The number of aryl methyl sites for hydroxylation is 1. The van der Waals surface area contributed by atoms with Gasteiger partial charge in [0.1, 0.15) is 12.4 Å². The Kier molecular flexibility index (Phi) is 6.83. The number of benzene rings is 2. The Balaban J connectivity index is 1.52. The van der Waals surface area contributed by atoms with E-state index in [0.29, 0.717) is 54.3 Å². The van der Waals surface area contributed by atoms with Gasteiger partial charge in [-0.15, -0.1) is 0 Å². The zero-order valence-electron chi connectivity index (χ0n) is 16.3. The Labute approximate surface area is 172 Å². The molecule has 1 aliphatic rings. The van der Waals surface area contributed by atoms with E-state index in [1.807, 2.05) is 0 Å². The van der Waals surface area contributed by atoms with Gasteiger partial charge in [-0.1, -0.05) is 6.07 Å². The maximum Gasteiger partial charge on any atom is 0.338 e. The van der Waals surface area contributed by atoms with Crippen LogP contribution in [0.5, 0.6) is 5.75 Å². The molecular formula is C21H23F2N3O4. The van der Waals surface area contributed by atoms with Gasteiger partial charge in [0.05, 0.1) is 6.54 Å². The van der Waals surface area contributed by atoms with Crippen molar-refractivity contribution in [3.63, 3.8) is 0 Å². The predicted molar refractivity (Wildman–Crippen MR) is 104 cm³/mol. The van der Waals surface area contributed by atoms with Crippen molar-refractivity contribution in [2.24, 2.45) is 5.73 Å². The highest BCUT2D eigenvalue weighted by Gasteiger charge is 2.24. The summed E-state index contributed by atoms with van der Waals surface area (Å²) in [5.41, 5.74) is 7.08. The van der Waals surface area contributed by atoms with Crippen LogP contribution in [0.1, 0.15) is 27.9 Å². The highest BCUT2D eigenvalue weighted by Crippen LogP contribution is 2.24. The molecule has 0 saturated heterocycles. The molecule has 0 unspecified atom stereocenters. The summed E-state index contributed by atoms with van der Waals surface area (Å²) in [6.45, 7) is 1.06. The van der Waals surface area contributed by atoms with Gasteiger partial charge in [-0.05, 0) is 60.7 Å². The number of halogens is 2. The molecule has 3 rings (SSSR count). The third-order valence-corrected chi connectivity index (χ3v) is 4.95. The quantitative estimate of drug-likeness (QED) is 0.508. The number of hydroxylamine groups is 2. The molecule has 3 N–H and O–H groups in total. The Morgan fingerprint density at radius 3 is 2.73 bits per heavy atom. The SMILES string of the molecule is NC(=O)N(O)CCOc1ccc2c(c1)CCN(CCCc1ccc(F)c(F)c1)C2=O. The van der Waals surface area contributed by atoms with E-state index in [2.05, 4.69) is 0 Å². The van der Waals surface area contributed by atoms with E-state index in [4.69, 9.17) is 10.5 Å². The summed E-state index contributed by atoms with van der Waals surface area (Å²) in [5, 5.41) is 9.58. The summed E-state index contributed by atoms with van der Waals surface area (Å²) >= 11 is 0. The molecule has 0 fully saturated rings. The number of primary amides is 1. The number of amides is 3. The van der Waals surface area contributed by atoms with Crippen LogP contribution in [-0.2, 0) is 12.8 Å². The lowest BCUT2D eigenvalue weighted by Crippen LogP contribution is -2.38. The van der Waals surface area contributed by atoms with Gasteiger partial charge in [0.15, 0.2) is 11.6 Å². The van der Waals surface area contributed by atoms with E-state index >= 15 is 0 Å². The van der Waals surface area contributed by atoms with Crippen LogP contribution in [0.2, 0.25) is 0 Å². The number of ether oxygens (including phenoxy) is 1. The van der Waals surface area contributed by atoms with E-state index in [1.165, 1.54) is 6.07 Å². The maximum atomic E-state index is 13.3. The molecule has 2 aromatic rings. The summed E-state index contributed by atoms with van der Waals surface area (Å²) in [6.07, 6.45) is 1.86. The van der Waals surface area contributed by atoms with Crippen LogP contribution >= 0.6 is 0 Å². The van der Waals surface area contributed by atoms with Crippen LogP contribution in [0.15, 0.2) is 36.4 Å². The van der Waals surface area contributed by atoms with Crippen molar-refractivity contribution in [2.75, 3.05) is 26.2 Å². The molecule has 0 bridgehead atoms. The van der Waals surface area contributed by atoms with Crippen LogP contribution in [0, 0.1) is 11.6 Å². The first-order chi connectivity index (χ1) is 14.3. The Morgan fingerprint density at radius 1 is 1.20 bits per heavy atom. The molecule has 0 aromatic heterocycles. The molecular weight excluding hydrogens is 396 g/mol. The predicted octanol–water partition coefficient (Wildman–Crippen LogP) is 2.74. The van der Waals surface area contributed by atoms with Crippen LogP contribution in [0.25, 0.3) is 0 Å². The minimum absolute atomic E-state index is 0.0578. The van der Waals surface area contributed by atoms with Crippen molar-refractivity contribution < 1.29 is 28.3 Å². The third-order valence-electron chi connectivity index (χ3n) is 4.95. The summed E-state index contributed by atoms with van der Waals surface area (Å²) in [4.78, 5) is 25.2. The van der Waals surface area contributed by atoms with E-state index in [0.717, 1.165) is 11.6 Å². The fourth-order valence-corrected chi connectivity index (χ4v) is 3.35. The second-order valence-electron chi connectivity index (χ2n) is 7.02. The van der Waals surface area contributed by atoms with Crippen molar-refractivity contribution in [2.45, 2.75) is 19.3 Å². The van der Waals surface area contributed by atoms with Gasteiger partial charge in [-0.2, -0.15) is 0 Å². The normalized spacial score (nSPS) is 13.2. The topological polar surface area (TPSA) is 96.1 Å². The first-order valence-electron chi connectivity index (χ1n) is 9.60. The number of hydrogen-bond donors (Lipinski definition) is 2. The zero-order chi connectivity index (χ0) is 21.7. The molecule has 7 nitrogen and oxygen atoms in total. The molecule has 30 heavy (non-hydrogen) atoms. The molecule has 0 atom stereocenters. The highest BCUT2D eigenvalue weighted by atomic mass is 19.2. The average Bonchev–Trinajstić information content (AvgIpc) is 2.72. The van der Waals surface area contributed by atoms with Crippen LogP contribution < -0.4 is 10.5 Å². The third kappa shape index (κ3) is 5.24. The molecule has 0 aliphatic carbocycles. The molecule has 0 saturated carbocycles. The van der Waals surface area contributed by atoms with Crippen molar-refractivity contribution in [1.29, 1.82) is 0 Å². The summed E-state index contributed by atoms with van der Waals surface area (Å²) < 4.78 is 31.8. The number of urea groups is 1. The molecule has 160 valence electrons. The summed E-state index contributed by atoms with van der Waals surface area (Å²) in [7, 11) is 0. The lowest BCUT2D eigenvalue weighted by molar-refractivity contribution is -0.0464. The van der Waals surface area contributed by atoms with Crippen molar-refractivity contribution in [3.8, 4) is 5.75 Å². The Morgan fingerprint density at radius 2 is 2.00 bits per heavy atom. The monoisotopic (exact) mass is 419 g/mol. The Hall–Kier alpha value is -3.20. The smallest absolute Gasteiger partial charge is 0.338 e. The van der Waals surface area contributed by atoms with Crippen molar-refractivity contribution in [3.05, 3.63) is 64.7 Å². The molecule has 0 radical (unpaired) electrons. The number of carbonyl (C=O) groups excluding carboxylic acids is 2. The molecule has 9 heteroatoms. The van der Waals surface area contributed by atoms with Gasteiger partial charge in [-0.3, -0.25) is 10.0 Å². The van der Waals surface area contributed by atoms with Gasteiger partial charge in [0.2, 0.25) is 0 Å². The number of carbonyl (C=O) groups is 2. The Bertz CT molecular complexity index is 938. The number of hydrogen-bond acceptors (Lipinski definition) is 4. The van der Waals surface area contributed by atoms with Crippen LogP contribution in [0.4, 0.5) is 13.6 Å². The fraction of sp³-hybridized carbons (Fsp3) is 0.333. The van der Waals surface area contributed by atoms with Crippen molar-refractivity contribution in [1.82, 2.24) is 9.96 Å². The fourth-order valence-electron chi connectivity index (χ4n) is 3.35. The van der Waals surface area contributed by atoms with Gasteiger partial charge in [0, 0.05) is 18.7 Å². The van der Waals surface area contributed by atoms with E-state index in [-0.39, 0.29) is 19.1 Å². The van der Waals surface area contributed by atoms with Gasteiger partial charge >= 0.3 is 6.03 Å². The lowest BCUT2D eigenvalue weighted by atomic mass is 9.98. The minimum atomic E-state index is -0.959. The molecule has 0 spiro atoms. The standard InChI is InChI=1S/C21H23F2N3O4/c22-18-6-3-14(12-19(18)23)2-1-8-25-9-7-15-13-16(4-5-17(15)20(25)27)30-11-10-26(29)21(24)28/h3-6,12-13,29H,1-2,7-11H2,(H2,24,28). The largest absolute Gasteiger partial charge is 0.492 e. The van der Waals surface area contributed by atoms with Gasteiger partial charge in [0.25, 0.3) is 5.91 Å². The minimum Gasteiger partial charge on any atom is -0.492 e. The number of fused-ring (bicyclic) bond motifs is 1. The number of nitrogens with two attached hydrogens (primary N) is 1.